The molecule has 3 atom stereocenters. The average Bonchev–Trinajstić information content (AvgIpc) is 2.36. The quantitative estimate of drug-likeness (QED) is 0.457. The molecule has 20 heavy (non-hydrogen) atoms. The van der Waals surface area contributed by atoms with E-state index < -0.39 is 0 Å². The van der Waals surface area contributed by atoms with Crippen LogP contribution in [-0.2, 0) is 9.47 Å². The molecule has 0 radical (unpaired) electrons. The molecule has 112 valence electrons. The van der Waals surface area contributed by atoms with Crippen LogP contribution in [0.4, 0.5) is 0 Å². The summed E-state index contributed by atoms with van der Waals surface area (Å²) in [6.45, 7) is 4.68. The van der Waals surface area contributed by atoms with E-state index in [1.165, 1.54) is 3.57 Å². The molecule has 0 aromatic heterocycles. The number of hydrogen-bond donors (Lipinski definition) is 0. The van der Waals surface area contributed by atoms with Gasteiger partial charge in [-0.25, -0.2) is 0 Å². The fourth-order valence-electron chi connectivity index (χ4n) is 2.15. The summed E-state index contributed by atoms with van der Waals surface area (Å²) in [5, 5.41) is 0. The van der Waals surface area contributed by atoms with Crippen molar-refractivity contribution < 1.29 is 14.2 Å². The smallest absolute Gasteiger partial charge is 0.192 e. The van der Waals surface area contributed by atoms with E-state index in [2.05, 4.69) is 93.8 Å². The summed E-state index contributed by atoms with van der Waals surface area (Å²) < 4.78 is 21.1. The Morgan fingerprint density at radius 2 is 1.85 bits per heavy atom. The van der Waals surface area contributed by atoms with Crippen LogP contribution < -0.4 is 4.74 Å². The molecule has 1 aliphatic rings. The van der Waals surface area contributed by atoms with Gasteiger partial charge in [0.1, 0.15) is 12.4 Å². The minimum atomic E-state index is -0.269. The standard InChI is InChI=1S/C14H17I3O3/c1-3-10-4-8(2)19-13(20-10)7-18-14-11(16)5-9(15)6-12(14)17/h5-6,8,10,13H,3-4,7H2,1-2H3. The first-order valence-corrected chi connectivity index (χ1v) is 9.81. The van der Waals surface area contributed by atoms with Crippen LogP contribution in [0.15, 0.2) is 12.1 Å². The van der Waals surface area contributed by atoms with Crippen molar-refractivity contribution in [1.29, 1.82) is 0 Å². The second kappa shape index (κ2) is 8.11. The maximum Gasteiger partial charge on any atom is 0.192 e. The lowest BCUT2D eigenvalue weighted by atomic mass is 10.1. The molecule has 0 N–H and O–H groups in total. The van der Waals surface area contributed by atoms with Crippen molar-refractivity contribution in [3.05, 3.63) is 22.8 Å². The zero-order valence-electron chi connectivity index (χ0n) is 11.4. The van der Waals surface area contributed by atoms with Gasteiger partial charge in [-0.05, 0) is 99.7 Å². The van der Waals surface area contributed by atoms with Gasteiger partial charge in [0.25, 0.3) is 0 Å². The molecule has 0 saturated carbocycles. The van der Waals surface area contributed by atoms with E-state index in [0.29, 0.717) is 6.61 Å². The van der Waals surface area contributed by atoms with E-state index in [4.69, 9.17) is 14.2 Å². The Bertz CT molecular complexity index is 444. The van der Waals surface area contributed by atoms with Crippen LogP contribution in [0.3, 0.4) is 0 Å². The Balaban J connectivity index is 1.98. The molecular weight excluding hydrogens is 597 g/mol. The molecule has 1 saturated heterocycles. The van der Waals surface area contributed by atoms with Crippen molar-refractivity contribution in [1.82, 2.24) is 0 Å². The minimum absolute atomic E-state index is 0.233. The van der Waals surface area contributed by atoms with Crippen molar-refractivity contribution in [3.8, 4) is 5.75 Å². The third-order valence-electron chi connectivity index (χ3n) is 3.11. The first-order valence-electron chi connectivity index (χ1n) is 6.57. The van der Waals surface area contributed by atoms with Crippen LogP contribution in [-0.4, -0.2) is 25.1 Å². The lowest BCUT2D eigenvalue weighted by Crippen LogP contribution is -2.39. The van der Waals surface area contributed by atoms with Gasteiger partial charge >= 0.3 is 0 Å². The van der Waals surface area contributed by atoms with E-state index in [-0.39, 0.29) is 18.5 Å². The Hall–Kier alpha value is 1.13. The highest BCUT2D eigenvalue weighted by Crippen LogP contribution is 2.30. The van der Waals surface area contributed by atoms with Gasteiger partial charge in [0, 0.05) is 3.57 Å². The van der Waals surface area contributed by atoms with Gasteiger partial charge in [-0.15, -0.1) is 0 Å². The summed E-state index contributed by atoms with van der Waals surface area (Å²) in [5.74, 6) is 0.921. The molecule has 1 aromatic rings. The molecule has 1 aromatic carbocycles. The Kier molecular flexibility index (Phi) is 7.09. The number of ether oxygens (including phenoxy) is 3. The molecule has 1 fully saturated rings. The summed E-state index contributed by atoms with van der Waals surface area (Å²) in [6.07, 6.45) is 2.22. The third-order valence-corrected chi connectivity index (χ3v) is 5.33. The lowest BCUT2D eigenvalue weighted by molar-refractivity contribution is -0.247. The first kappa shape index (κ1) is 17.5. The van der Waals surface area contributed by atoms with E-state index >= 15 is 0 Å². The van der Waals surface area contributed by atoms with Crippen molar-refractivity contribution >= 4 is 67.8 Å². The molecule has 3 unspecified atom stereocenters. The highest BCUT2D eigenvalue weighted by molar-refractivity contribution is 14.1. The largest absolute Gasteiger partial charge is 0.486 e. The zero-order chi connectivity index (χ0) is 14.7. The van der Waals surface area contributed by atoms with Crippen molar-refractivity contribution in [2.45, 2.75) is 45.2 Å². The number of hydrogen-bond acceptors (Lipinski definition) is 3. The fraction of sp³-hybridized carbons (Fsp3) is 0.571. The summed E-state index contributed by atoms with van der Waals surface area (Å²) >= 11 is 6.93. The Morgan fingerprint density at radius 3 is 2.45 bits per heavy atom. The van der Waals surface area contributed by atoms with Gasteiger partial charge in [-0.3, -0.25) is 0 Å². The van der Waals surface area contributed by atoms with Crippen molar-refractivity contribution in [2.75, 3.05) is 6.61 Å². The number of rotatable bonds is 4. The van der Waals surface area contributed by atoms with Gasteiger partial charge in [-0.2, -0.15) is 0 Å². The summed E-state index contributed by atoms with van der Waals surface area (Å²) in [4.78, 5) is 0. The fourth-order valence-corrected chi connectivity index (χ4v) is 6.04. The van der Waals surface area contributed by atoms with Crippen LogP contribution in [0.25, 0.3) is 0 Å². The summed E-state index contributed by atoms with van der Waals surface area (Å²) in [7, 11) is 0. The SMILES string of the molecule is CCC1CC(C)OC(COc2c(I)cc(I)cc2I)O1. The van der Waals surface area contributed by atoms with Crippen LogP contribution in [0.2, 0.25) is 0 Å². The molecule has 0 aliphatic carbocycles. The molecule has 1 aliphatic heterocycles. The molecule has 3 nitrogen and oxygen atoms in total. The summed E-state index contributed by atoms with van der Waals surface area (Å²) in [6, 6.07) is 4.22. The molecule has 1 heterocycles. The molecule has 0 bridgehead atoms. The molecule has 0 spiro atoms. The number of halogens is 3. The normalized spacial score (nSPS) is 26.6. The third kappa shape index (κ3) is 4.82. The van der Waals surface area contributed by atoms with E-state index in [9.17, 15) is 0 Å². The highest BCUT2D eigenvalue weighted by atomic mass is 127. The molecule has 2 rings (SSSR count). The van der Waals surface area contributed by atoms with Gasteiger partial charge in [-0.1, -0.05) is 6.92 Å². The second-order valence-electron chi connectivity index (χ2n) is 4.79. The van der Waals surface area contributed by atoms with Crippen molar-refractivity contribution in [3.63, 3.8) is 0 Å². The Labute approximate surface area is 160 Å². The van der Waals surface area contributed by atoms with Crippen LogP contribution in [0.5, 0.6) is 5.75 Å². The average molecular weight is 614 g/mol. The predicted molar refractivity (Wildman–Crippen MR) is 104 cm³/mol. The van der Waals surface area contributed by atoms with Crippen LogP contribution >= 0.6 is 67.8 Å². The van der Waals surface area contributed by atoms with Crippen molar-refractivity contribution in [2.24, 2.45) is 0 Å². The maximum atomic E-state index is 5.93. The predicted octanol–water partition coefficient (Wildman–Crippen LogP) is 4.81. The van der Waals surface area contributed by atoms with E-state index in [1.54, 1.807) is 0 Å². The number of benzene rings is 1. The Morgan fingerprint density at radius 1 is 1.20 bits per heavy atom. The van der Waals surface area contributed by atoms with Crippen LogP contribution in [0.1, 0.15) is 26.7 Å². The first-order chi connectivity index (χ1) is 9.49. The van der Waals surface area contributed by atoms with Crippen LogP contribution in [0, 0.1) is 10.7 Å². The van der Waals surface area contributed by atoms with Gasteiger partial charge in [0.15, 0.2) is 6.29 Å². The van der Waals surface area contributed by atoms with E-state index in [1.807, 2.05) is 0 Å². The molecule has 0 amide bonds. The highest BCUT2D eigenvalue weighted by Gasteiger charge is 2.27. The topological polar surface area (TPSA) is 27.7 Å². The van der Waals surface area contributed by atoms with Gasteiger partial charge < -0.3 is 14.2 Å². The van der Waals surface area contributed by atoms with E-state index in [0.717, 1.165) is 25.7 Å². The molecular formula is C14H17I3O3. The zero-order valence-corrected chi connectivity index (χ0v) is 17.8. The second-order valence-corrected chi connectivity index (χ2v) is 8.36. The van der Waals surface area contributed by atoms with Gasteiger partial charge in [0.05, 0.1) is 19.3 Å². The lowest BCUT2D eigenvalue weighted by Gasteiger charge is -2.33. The van der Waals surface area contributed by atoms with Gasteiger partial charge in [0.2, 0.25) is 0 Å². The maximum absolute atomic E-state index is 5.93. The summed E-state index contributed by atoms with van der Waals surface area (Å²) in [5.41, 5.74) is 0. The molecule has 6 heteroatoms. The minimum Gasteiger partial charge on any atom is -0.486 e. The monoisotopic (exact) mass is 614 g/mol.